The van der Waals surface area contributed by atoms with Crippen LogP contribution in [0.5, 0.6) is 0 Å². The Labute approximate surface area is 162 Å². The van der Waals surface area contributed by atoms with Crippen LogP contribution in [0, 0.1) is 12.8 Å². The zero-order valence-electron chi connectivity index (χ0n) is 15.4. The number of amides is 3. The van der Waals surface area contributed by atoms with Crippen LogP contribution in [0.15, 0.2) is 24.4 Å². The van der Waals surface area contributed by atoms with Crippen LogP contribution in [0.1, 0.15) is 40.3 Å². The maximum Gasteiger partial charge on any atom is 0.326 e. The molecular weight excluding hydrogens is 362 g/mol. The molecule has 1 aliphatic heterocycles. The summed E-state index contributed by atoms with van der Waals surface area (Å²) >= 11 is 1.28. The third kappa shape index (κ3) is 4.10. The smallest absolute Gasteiger partial charge is 0.326 e. The lowest BCUT2D eigenvalue weighted by molar-refractivity contribution is 0.0953. The van der Waals surface area contributed by atoms with E-state index in [-0.39, 0.29) is 11.9 Å². The number of hydrogen-bond acceptors (Lipinski definition) is 5. The van der Waals surface area contributed by atoms with Gasteiger partial charge in [-0.05, 0) is 31.4 Å². The van der Waals surface area contributed by atoms with Gasteiger partial charge in [-0.1, -0.05) is 30.2 Å². The summed E-state index contributed by atoms with van der Waals surface area (Å²) in [7, 11) is 0. The Balaban J connectivity index is 1.38. The average Bonchev–Trinajstić information content (AvgIpc) is 3.33. The molecule has 7 nitrogen and oxygen atoms in total. The molecule has 0 radical (unpaired) electrons. The normalized spacial score (nSPS) is 16.9. The van der Waals surface area contributed by atoms with E-state index in [2.05, 4.69) is 15.3 Å². The van der Waals surface area contributed by atoms with Crippen LogP contribution in [-0.2, 0) is 6.54 Å². The lowest BCUT2D eigenvalue weighted by Gasteiger charge is -2.16. The molecule has 142 valence electrons. The Hall–Kier alpha value is -2.48. The van der Waals surface area contributed by atoms with Gasteiger partial charge in [0.05, 0.1) is 17.9 Å². The van der Waals surface area contributed by atoms with Crippen molar-refractivity contribution in [2.45, 2.75) is 32.7 Å². The van der Waals surface area contributed by atoms with Crippen LogP contribution < -0.4 is 10.2 Å². The van der Waals surface area contributed by atoms with Gasteiger partial charge in [-0.2, -0.15) is 0 Å². The van der Waals surface area contributed by atoms with Gasteiger partial charge in [-0.15, -0.1) is 0 Å². The summed E-state index contributed by atoms with van der Waals surface area (Å²) in [6, 6.07) is 5.60. The minimum atomic E-state index is -0.181. The summed E-state index contributed by atoms with van der Waals surface area (Å²) in [6.45, 7) is 4.35. The molecule has 3 heterocycles. The molecule has 27 heavy (non-hydrogen) atoms. The Morgan fingerprint density at radius 1 is 1.33 bits per heavy atom. The number of aryl methyl sites for hydroxylation is 1. The first-order chi connectivity index (χ1) is 13.1. The minimum Gasteiger partial charge on any atom is -0.346 e. The molecule has 1 aliphatic carbocycles. The number of rotatable bonds is 7. The van der Waals surface area contributed by atoms with Crippen LogP contribution in [-0.4, -0.2) is 46.4 Å². The van der Waals surface area contributed by atoms with Crippen molar-refractivity contribution in [1.82, 2.24) is 20.2 Å². The van der Waals surface area contributed by atoms with Gasteiger partial charge in [-0.3, -0.25) is 14.7 Å². The van der Waals surface area contributed by atoms with Crippen molar-refractivity contribution in [3.05, 3.63) is 40.7 Å². The first-order valence-corrected chi connectivity index (χ1v) is 10.2. The first kappa shape index (κ1) is 17.9. The lowest BCUT2D eigenvalue weighted by Crippen LogP contribution is -2.32. The molecule has 2 fully saturated rings. The molecule has 2 aromatic heterocycles. The molecule has 4 rings (SSSR count). The molecule has 0 aromatic carbocycles. The molecule has 1 saturated carbocycles. The molecule has 0 unspecified atom stereocenters. The molecule has 0 atom stereocenters. The monoisotopic (exact) mass is 385 g/mol. The third-order valence-corrected chi connectivity index (χ3v) is 6.16. The molecule has 2 aromatic rings. The number of carbonyl (C=O) groups excluding carboxylic acids is 2. The molecule has 1 N–H and O–H groups in total. The van der Waals surface area contributed by atoms with E-state index in [1.807, 2.05) is 23.1 Å². The van der Waals surface area contributed by atoms with Crippen molar-refractivity contribution in [3.63, 3.8) is 0 Å². The van der Waals surface area contributed by atoms with Crippen LogP contribution >= 0.6 is 11.3 Å². The number of hydrogen-bond donors (Lipinski definition) is 1. The van der Waals surface area contributed by atoms with E-state index in [4.69, 9.17) is 0 Å². The second kappa shape index (κ2) is 7.64. The molecule has 3 amide bonds. The highest BCUT2D eigenvalue weighted by Gasteiger charge is 2.33. The van der Waals surface area contributed by atoms with Crippen molar-refractivity contribution < 1.29 is 9.59 Å². The van der Waals surface area contributed by atoms with E-state index < -0.39 is 0 Å². The zero-order chi connectivity index (χ0) is 18.8. The van der Waals surface area contributed by atoms with Gasteiger partial charge in [0.1, 0.15) is 4.88 Å². The fraction of sp³-hybridized carbons (Fsp3) is 0.474. The van der Waals surface area contributed by atoms with Crippen molar-refractivity contribution in [2.75, 3.05) is 24.5 Å². The minimum absolute atomic E-state index is 0.00448. The standard InChI is InChI=1S/C19H23N5O2S/c1-13-16(17(25)21-12-15-4-2-3-8-20-15)27-18(22-13)24-11-10-23(19(24)26)9-7-14-5-6-14/h2-4,8,14H,5-7,9-12H2,1H3,(H,21,25). The summed E-state index contributed by atoms with van der Waals surface area (Å²) in [5.41, 5.74) is 1.45. The Morgan fingerprint density at radius 3 is 2.93 bits per heavy atom. The predicted octanol–water partition coefficient (Wildman–Crippen LogP) is 2.82. The number of pyridine rings is 1. The van der Waals surface area contributed by atoms with E-state index in [1.54, 1.807) is 18.0 Å². The summed E-state index contributed by atoms with van der Waals surface area (Å²) in [5.74, 6) is 0.627. The van der Waals surface area contributed by atoms with E-state index >= 15 is 0 Å². The Kier molecular flexibility index (Phi) is 5.07. The van der Waals surface area contributed by atoms with Crippen LogP contribution in [0.4, 0.5) is 9.93 Å². The van der Waals surface area contributed by atoms with E-state index in [9.17, 15) is 9.59 Å². The molecule has 0 bridgehead atoms. The second-order valence-corrected chi connectivity index (χ2v) is 8.05. The first-order valence-electron chi connectivity index (χ1n) is 9.34. The zero-order valence-corrected chi connectivity index (χ0v) is 16.2. The van der Waals surface area contributed by atoms with Crippen LogP contribution in [0.2, 0.25) is 0 Å². The van der Waals surface area contributed by atoms with Crippen molar-refractivity contribution in [2.24, 2.45) is 5.92 Å². The van der Waals surface area contributed by atoms with Gasteiger partial charge < -0.3 is 10.2 Å². The number of nitrogens with zero attached hydrogens (tertiary/aromatic N) is 4. The molecule has 1 saturated heterocycles. The second-order valence-electron chi connectivity index (χ2n) is 7.07. The topological polar surface area (TPSA) is 78.4 Å². The number of urea groups is 1. The third-order valence-electron chi connectivity index (χ3n) is 4.98. The Morgan fingerprint density at radius 2 is 2.19 bits per heavy atom. The quantitative estimate of drug-likeness (QED) is 0.795. The largest absolute Gasteiger partial charge is 0.346 e. The molecular formula is C19H23N5O2S. The molecule has 0 spiro atoms. The van der Waals surface area contributed by atoms with E-state index in [1.165, 1.54) is 24.2 Å². The summed E-state index contributed by atoms with van der Waals surface area (Å²) < 4.78 is 0. The van der Waals surface area contributed by atoms with Crippen molar-refractivity contribution >= 4 is 28.4 Å². The van der Waals surface area contributed by atoms with E-state index in [0.717, 1.165) is 31.1 Å². The van der Waals surface area contributed by atoms with Crippen LogP contribution in [0.25, 0.3) is 0 Å². The van der Waals surface area contributed by atoms with Gasteiger partial charge in [0.25, 0.3) is 5.91 Å². The highest BCUT2D eigenvalue weighted by atomic mass is 32.1. The Bertz CT molecular complexity index is 834. The van der Waals surface area contributed by atoms with Crippen LogP contribution in [0.3, 0.4) is 0 Å². The maximum absolute atomic E-state index is 12.6. The summed E-state index contributed by atoms with van der Waals surface area (Å²) in [4.78, 5) is 38.0. The number of anilines is 1. The average molecular weight is 385 g/mol. The van der Waals surface area contributed by atoms with Crippen molar-refractivity contribution in [1.29, 1.82) is 0 Å². The van der Waals surface area contributed by atoms with Gasteiger partial charge in [0.2, 0.25) is 0 Å². The summed E-state index contributed by atoms with van der Waals surface area (Å²) in [6.07, 6.45) is 5.39. The van der Waals surface area contributed by atoms with Crippen molar-refractivity contribution in [3.8, 4) is 0 Å². The highest BCUT2D eigenvalue weighted by molar-refractivity contribution is 7.17. The number of nitrogens with one attached hydrogen (secondary N) is 1. The SMILES string of the molecule is Cc1nc(N2CCN(CCC3CC3)C2=O)sc1C(=O)NCc1ccccn1. The van der Waals surface area contributed by atoms with Gasteiger partial charge in [-0.25, -0.2) is 9.78 Å². The predicted molar refractivity (Wildman–Crippen MR) is 104 cm³/mol. The number of thiazole rings is 1. The lowest BCUT2D eigenvalue weighted by atomic mass is 10.3. The molecule has 8 heteroatoms. The fourth-order valence-corrected chi connectivity index (χ4v) is 4.18. The number of aromatic nitrogens is 2. The van der Waals surface area contributed by atoms with E-state index in [0.29, 0.717) is 28.8 Å². The fourth-order valence-electron chi connectivity index (χ4n) is 3.17. The highest BCUT2D eigenvalue weighted by Crippen LogP contribution is 2.33. The number of carbonyl (C=O) groups is 2. The van der Waals surface area contributed by atoms with Gasteiger partial charge >= 0.3 is 6.03 Å². The summed E-state index contributed by atoms with van der Waals surface area (Å²) in [5, 5.41) is 3.48. The maximum atomic E-state index is 12.6. The van der Waals surface area contributed by atoms with Gasteiger partial charge in [0.15, 0.2) is 5.13 Å². The van der Waals surface area contributed by atoms with Gasteiger partial charge in [0, 0.05) is 25.8 Å². The molecule has 2 aliphatic rings.